The molecule has 0 aromatic carbocycles. The Morgan fingerprint density at radius 1 is 1.45 bits per heavy atom. The van der Waals surface area contributed by atoms with Crippen molar-refractivity contribution in [2.75, 3.05) is 26.3 Å². The number of likely N-dealkylation sites (tertiary alicyclic amines) is 1. The summed E-state index contributed by atoms with van der Waals surface area (Å²) in [6.45, 7) is 1.83. The third kappa shape index (κ3) is 2.43. The number of rotatable bonds is 3. The van der Waals surface area contributed by atoms with E-state index in [-0.39, 0.29) is 19.3 Å². The molecule has 0 aromatic heterocycles. The molecule has 1 saturated heterocycles. The van der Waals surface area contributed by atoms with Gasteiger partial charge in [-0.15, -0.1) is 0 Å². The predicted octanol–water partition coefficient (Wildman–Crippen LogP) is 0.264. The first-order valence-electron chi connectivity index (χ1n) is 4.31. The van der Waals surface area contributed by atoms with E-state index in [4.69, 9.17) is 5.11 Å². The van der Waals surface area contributed by atoms with Gasteiger partial charge in [-0.1, -0.05) is 6.42 Å². The van der Waals surface area contributed by atoms with Gasteiger partial charge in [0.2, 0.25) is 0 Å². The Balaban J connectivity index is 2.31. The van der Waals surface area contributed by atoms with Gasteiger partial charge in [-0.25, -0.2) is 5.11 Å². The number of nitrogens with zero attached hydrogens (tertiary/aromatic N) is 1. The molecular weight excluding hydrogens is 142 g/mol. The van der Waals surface area contributed by atoms with Crippen LogP contribution in [-0.4, -0.2) is 42.4 Å². The van der Waals surface area contributed by atoms with E-state index in [0.717, 1.165) is 13.0 Å². The molecule has 0 spiro atoms. The highest BCUT2D eigenvalue weighted by molar-refractivity contribution is 4.75. The number of hydrogen-bond acceptors (Lipinski definition) is 2. The third-order valence-corrected chi connectivity index (χ3v) is 2.33. The molecule has 3 nitrogen and oxygen atoms in total. The number of aliphatic hydroxyl groups is 1. The molecule has 0 amide bonds. The molecular formula is C8H16NO2. The normalized spacial score (nSPS) is 27.3. The third-order valence-electron chi connectivity index (χ3n) is 2.33. The van der Waals surface area contributed by atoms with Gasteiger partial charge in [-0.2, -0.15) is 0 Å². The summed E-state index contributed by atoms with van der Waals surface area (Å²) >= 11 is 0. The summed E-state index contributed by atoms with van der Waals surface area (Å²) in [6.07, 6.45) is 3.37. The standard InChI is InChI=1S/C8H16NO2/c10-6-5-9-4-2-1-3-8(9)7-11/h8,10H,1-7H2. The van der Waals surface area contributed by atoms with Crippen LogP contribution in [0, 0.1) is 0 Å². The second-order valence-corrected chi connectivity index (χ2v) is 3.08. The predicted molar refractivity (Wildman–Crippen MR) is 41.9 cm³/mol. The summed E-state index contributed by atoms with van der Waals surface area (Å²) < 4.78 is 0. The minimum atomic E-state index is -0.0139. The van der Waals surface area contributed by atoms with Crippen molar-refractivity contribution in [1.29, 1.82) is 0 Å². The fourth-order valence-electron chi connectivity index (χ4n) is 1.67. The van der Waals surface area contributed by atoms with Crippen LogP contribution in [-0.2, 0) is 5.11 Å². The fraction of sp³-hybridized carbons (Fsp3) is 1.00. The van der Waals surface area contributed by atoms with E-state index in [1.54, 1.807) is 0 Å². The van der Waals surface area contributed by atoms with Crippen molar-refractivity contribution in [3.63, 3.8) is 0 Å². The second kappa shape index (κ2) is 4.70. The Hall–Kier alpha value is -0.120. The van der Waals surface area contributed by atoms with Crippen LogP contribution in [0.4, 0.5) is 0 Å². The van der Waals surface area contributed by atoms with Crippen molar-refractivity contribution >= 4 is 0 Å². The van der Waals surface area contributed by atoms with Crippen LogP contribution in [0.25, 0.3) is 0 Å². The van der Waals surface area contributed by atoms with Crippen molar-refractivity contribution in [2.24, 2.45) is 0 Å². The van der Waals surface area contributed by atoms with Gasteiger partial charge in [0, 0.05) is 12.6 Å². The number of hydrogen-bond donors (Lipinski definition) is 1. The maximum absolute atomic E-state index is 10.6. The first kappa shape index (κ1) is 8.97. The average molecular weight is 158 g/mol. The topological polar surface area (TPSA) is 43.4 Å². The van der Waals surface area contributed by atoms with Crippen LogP contribution in [0.15, 0.2) is 0 Å². The molecule has 1 fully saturated rings. The Morgan fingerprint density at radius 2 is 2.27 bits per heavy atom. The van der Waals surface area contributed by atoms with Gasteiger partial charge in [0.15, 0.2) is 0 Å². The van der Waals surface area contributed by atoms with Gasteiger partial charge in [0.1, 0.15) is 0 Å². The Morgan fingerprint density at radius 3 is 2.91 bits per heavy atom. The minimum Gasteiger partial charge on any atom is -0.395 e. The second-order valence-electron chi connectivity index (χ2n) is 3.08. The van der Waals surface area contributed by atoms with Gasteiger partial charge in [-0.3, -0.25) is 4.90 Å². The summed E-state index contributed by atoms with van der Waals surface area (Å²) in [5, 5.41) is 19.3. The van der Waals surface area contributed by atoms with Gasteiger partial charge in [0.05, 0.1) is 13.2 Å². The van der Waals surface area contributed by atoms with E-state index in [0.29, 0.717) is 6.54 Å². The zero-order valence-corrected chi connectivity index (χ0v) is 6.83. The van der Waals surface area contributed by atoms with Gasteiger partial charge >= 0.3 is 0 Å². The molecule has 1 aliphatic rings. The lowest BCUT2D eigenvalue weighted by Crippen LogP contribution is -2.42. The maximum atomic E-state index is 10.6. The Bertz CT molecular complexity index is 106. The lowest BCUT2D eigenvalue weighted by Gasteiger charge is -2.33. The summed E-state index contributed by atoms with van der Waals surface area (Å²) in [4.78, 5) is 2.11. The molecule has 1 aliphatic heterocycles. The van der Waals surface area contributed by atoms with Crippen LogP contribution >= 0.6 is 0 Å². The molecule has 1 heterocycles. The minimum absolute atomic E-state index is 0.0139. The number of β-amino-alcohol motifs (C(OH)–C–C–N with tert-alkyl or cyclic N) is 1. The van der Waals surface area contributed by atoms with Gasteiger partial charge < -0.3 is 5.11 Å². The number of aliphatic hydroxyl groups excluding tert-OH is 1. The smallest absolute Gasteiger partial charge is 0.0977 e. The van der Waals surface area contributed by atoms with Crippen LogP contribution in [0.2, 0.25) is 0 Å². The summed E-state index contributed by atoms with van der Waals surface area (Å²) in [5.41, 5.74) is 0. The molecule has 0 aromatic rings. The lowest BCUT2D eigenvalue weighted by molar-refractivity contribution is 0.0465. The average Bonchev–Trinajstić information content (AvgIpc) is 2.06. The SMILES string of the molecule is [O]CC1CCCCN1CCO. The highest BCUT2D eigenvalue weighted by Crippen LogP contribution is 2.15. The van der Waals surface area contributed by atoms with E-state index >= 15 is 0 Å². The molecule has 1 unspecified atom stereocenters. The summed E-state index contributed by atoms with van der Waals surface area (Å²) in [7, 11) is 0. The maximum Gasteiger partial charge on any atom is 0.0977 e. The van der Waals surface area contributed by atoms with Crippen LogP contribution in [0.3, 0.4) is 0 Å². The van der Waals surface area contributed by atoms with Crippen molar-refractivity contribution in [2.45, 2.75) is 25.3 Å². The summed E-state index contributed by atoms with van der Waals surface area (Å²) in [6, 6.07) is 0.191. The van der Waals surface area contributed by atoms with Crippen LogP contribution in [0.5, 0.6) is 0 Å². The van der Waals surface area contributed by atoms with E-state index in [2.05, 4.69) is 4.90 Å². The molecule has 0 bridgehead atoms. The van der Waals surface area contributed by atoms with E-state index in [1.165, 1.54) is 12.8 Å². The lowest BCUT2D eigenvalue weighted by atomic mass is 10.0. The highest BCUT2D eigenvalue weighted by atomic mass is 16.3. The molecule has 11 heavy (non-hydrogen) atoms. The zero-order chi connectivity index (χ0) is 8.10. The molecule has 0 saturated carbocycles. The Kier molecular flexibility index (Phi) is 3.83. The molecule has 1 radical (unpaired) electrons. The van der Waals surface area contributed by atoms with E-state index in [9.17, 15) is 5.11 Å². The van der Waals surface area contributed by atoms with Gasteiger partial charge in [-0.05, 0) is 19.4 Å². The fourth-order valence-corrected chi connectivity index (χ4v) is 1.67. The van der Waals surface area contributed by atoms with E-state index in [1.807, 2.05) is 0 Å². The monoisotopic (exact) mass is 158 g/mol. The van der Waals surface area contributed by atoms with Crippen molar-refractivity contribution in [1.82, 2.24) is 4.90 Å². The zero-order valence-electron chi connectivity index (χ0n) is 6.83. The van der Waals surface area contributed by atoms with Crippen LogP contribution < -0.4 is 0 Å². The molecule has 65 valence electrons. The van der Waals surface area contributed by atoms with Crippen molar-refractivity contribution in [3.05, 3.63) is 0 Å². The first-order chi connectivity index (χ1) is 5.38. The molecule has 1 N–H and O–H groups in total. The van der Waals surface area contributed by atoms with Crippen molar-refractivity contribution < 1.29 is 10.2 Å². The quantitative estimate of drug-likeness (QED) is 0.640. The molecule has 3 heteroatoms. The van der Waals surface area contributed by atoms with E-state index < -0.39 is 0 Å². The first-order valence-corrected chi connectivity index (χ1v) is 4.31. The largest absolute Gasteiger partial charge is 0.395 e. The number of piperidine rings is 1. The van der Waals surface area contributed by atoms with Gasteiger partial charge in [0.25, 0.3) is 0 Å². The van der Waals surface area contributed by atoms with Crippen LogP contribution in [0.1, 0.15) is 19.3 Å². The molecule has 0 aliphatic carbocycles. The molecule has 1 rings (SSSR count). The summed E-state index contributed by atoms with van der Waals surface area (Å²) in [5.74, 6) is 0. The molecule has 1 atom stereocenters. The van der Waals surface area contributed by atoms with Crippen molar-refractivity contribution in [3.8, 4) is 0 Å². The Labute approximate surface area is 67.6 Å². The highest BCUT2D eigenvalue weighted by Gasteiger charge is 2.20.